The number of aliphatic hydroxyl groups excluding tert-OH is 1. The van der Waals surface area contributed by atoms with Gasteiger partial charge in [-0.3, -0.25) is 4.79 Å². The molecule has 0 aromatic rings. The van der Waals surface area contributed by atoms with E-state index in [4.69, 9.17) is 4.74 Å². The number of nitrogens with zero attached hydrogens (tertiary/aromatic N) is 1. The van der Waals surface area contributed by atoms with Gasteiger partial charge in [0.25, 0.3) is 0 Å². The minimum Gasteiger partial charge on any atom is -0.463 e. The molecule has 4 nitrogen and oxygen atoms in total. The van der Waals surface area contributed by atoms with E-state index in [1.165, 1.54) is 51.4 Å². The molecule has 1 aliphatic rings. The number of likely N-dealkylation sites (N-methyl/N-ethyl adjacent to an activating group) is 1. The number of esters is 1. The van der Waals surface area contributed by atoms with Gasteiger partial charge in [0.2, 0.25) is 0 Å². The number of carbonyl (C=O) groups is 1. The summed E-state index contributed by atoms with van der Waals surface area (Å²) >= 11 is 0. The lowest BCUT2D eigenvalue weighted by atomic mass is 9.85. The average Bonchev–Trinajstić information content (AvgIpc) is 3.46. The van der Waals surface area contributed by atoms with Gasteiger partial charge in [0.1, 0.15) is 12.7 Å². The number of ether oxygens (including phenoxy) is 1. The molecule has 32 heavy (non-hydrogen) atoms. The Morgan fingerprint density at radius 1 is 0.906 bits per heavy atom. The molecule has 1 fully saturated rings. The summed E-state index contributed by atoms with van der Waals surface area (Å²) < 4.78 is 5.16. The molecular formula is C28H55NO3. The van der Waals surface area contributed by atoms with Crippen LogP contribution in [0.1, 0.15) is 105 Å². The molecule has 0 aromatic heterocycles. The first kappa shape index (κ1) is 29.4. The van der Waals surface area contributed by atoms with Crippen LogP contribution in [-0.2, 0) is 9.53 Å². The van der Waals surface area contributed by atoms with E-state index in [0.29, 0.717) is 13.0 Å². The number of aliphatic hydroxyl groups is 1. The molecule has 0 saturated heterocycles. The Morgan fingerprint density at radius 2 is 1.47 bits per heavy atom. The first-order valence-electron chi connectivity index (χ1n) is 13.6. The van der Waals surface area contributed by atoms with E-state index in [-0.39, 0.29) is 12.6 Å². The summed E-state index contributed by atoms with van der Waals surface area (Å²) in [6.07, 6.45) is 12.7. The van der Waals surface area contributed by atoms with Gasteiger partial charge in [0, 0.05) is 13.0 Å². The van der Waals surface area contributed by atoms with Crippen LogP contribution < -0.4 is 0 Å². The number of carbonyl (C=O) groups excluding carboxylic acids is 1. The van der Waals surface area contributed by atoms with Crippen LogP contribution in [0.3, 0.4) is 0 Å². The van der Waals surface area contributed by atoms with Crippen molar-refractivity contribution in [2.45, 2.75) is 111 Å². The highest BCUT2D eigenvalue weighted by molar-refractivity contribution is 5.69. The zero-order valence-electron chi connectivity index (χ0n) is 22.4. The minimum absolute atomic E-state index is 0.103. The van der Waals surface area contributed by atoms with Gasteiger partial charge in [-0.2, -0.15) is 0 Å². The Labute approximate surface area is 199 Å². The van der Waals surface area contributed by atoms with Crippen molar-refractivity contribution in [3.8, 4) is 0 Å². The molecule has 0 heterocycles. The van der Waals surface area contributed by atoms with E-state index < -0.39 is 6.10 Å². The second kappa shape index (κ2) is 16.1. The molecule has 0 spiro atoms. The molecule has 1 rings (SSSR count). The average molecular weight is 454 g/mol. The van der Waals surface area contributed by atoms with Crippen molar-refractivity contribution in [2.75, 3.05) is 27.2 Å². The number of unbranched alkanes of at least 4 members (excludes halogenated alkanes) is 4. The van der Waals surface area contributed by atoms with Gasteiger partial charge in [-0.05, 0) is 75.3 Å². The van der Waals surface area contributed by atoms with Crippen LogP contribution in [0.4, 0.5) is 0 Å². The van der Waals surface area contributed by atoms with Crippen molar-refractivity contribution in [3.05, 3.63) is 0 Å². The highest BCUT2D eigenvalue weighted by Gasteiger charge is 2.39. The van der Waals surface area contributed by atoms with Crippen LogP contribution in [0.5, 0.6) is 0 Å². The largest absolute Gasteiger partial charge is 0.463 e. The monoisotopic (exact) mass is 453 g/mol. The molecule has 0 amide bonds. The highest BCUT2D eigenvalue weighted by atomic mass is 16.5. The number of hydrogen-bond acceptors (Lipinski definition) is 4. The van der Waals surface area contributed by atoms with E-state index in [1.54, 1.807) is 0 Å². The molecule has 1 saturated carbocycles. The normalized spacial score (nSPS) is 22.9. The molecule has 0 aliphatic heterocycles. The third-order valence-electron chi connectivity index (χ3n) is 8.06. The zero-order chi connectivity index (χ0) is 24.1. The summed E-state index contributed by atoms with van der Waals surface area (Å²) in [6.45, 7) is 12.7. The Balaban J connectivity index is 2.00. The van der Waals surface area contributed by atoms with Crippen molar-refractivity contribution >= 4 is 5.97 Å². The number of rotatable bonds is 19. The summed E-state index contributed by atoms with van der Waals surface area (Å²) in [6, 6.07) is 0. The van der Waals surface area contributed by atoms with Crippen LogP contribution in [0.2, 0.25) is 0 Å². The minimum atomic E-state index is -0.600. The molecule has 0 bridgehead atoms. The zero-order valence-corrected chi connectivity index (χ0v) is 22.4. The van der Waals surface area contributed by atoms with Gasteiger partial charge in [-0.15, -0.1) is 0 Å². The maximum absolute atomic E-state index is 11.8. The van der Waals surface area contributed by atoms with Crippen molar-refractivity contribution in [2.24, 2.45) is 35.5 Å². The fourth-order valence-corrected chi connectivity index (χ4v) is 5.00. The standard InChI is InChI=1S/C28H55NO3/c1-8-21(2)23(4)16-25-18-26(25)17-24(5)22(3)14-12-10-9-11-13-15-28(31)32-20-27(30)19-29(6)7/h21-27,30H,8-20H2,1-7H3. The predicted octanol–water partition coefficient (Wildman–Crippen LogP) is 6.55. The third kappa shape index (κ3) is 13.2. The fraction of sp³-hybridized carbons (Fsp3) is 0.964. The van der Waals surface area contributed by atoms with Gasteiger partial charge in [-0.25, -0.2) is 0 Å². The summed E-state index contributed by atoms with van der Waals surface area (Å²) in [7, 11) is 3.79. The van der Waals surface area contributed by atoms with Gasteiger partial charge in [0.15, 0.2) is 0 Å². The van der Waals surface area contributed by atoms with E-state index in [9.17, 15) is 9.90 Å². The maximum Gasteiger partial charge on any atom is 0.305 e. The summed E-state index contributed by atoms with van der Waals surface area (Å²) in [4.78, 5) is 13.7. The van der Waals surface area contributed by atoms with Crippen molar-refractivity contribution < 1.29 is 14.6 Å². The predicted molar refractivity (Wildman–Crippen MR) is 136 cm³/mol. The SMILES string of the molecule is CCC(C)C(C)CC1CC1CC(C)C(C)CCCCCCCC(=O)OCC(O)CN(C)C. The molecule has 1 N–H and O–H groups in total. The molecule has 4 heteroatoms. The molecule has 1 aliphatic carbocycles. The van der Waals surface area contributed by atoms with Gasteiger partial charge < -0.3 is 14.7 Å². The topological polar surface area (TPSA) is 49.8 Å². The molecule has 190 valence electrons. The Bertz CT molecular complexity index is 495. The van der Waals surface area contributed by atoms with E-state index >= 15 is 0 Å². The molecule has 0 radical (unpaired) electrons. The highest BCUT2D eigenvalue weighted by Crippen LogP contribution is 2.49. The first-order chi connectivity index (χ1) is 15.1. The molecule has 7 unspecified atom stereocenters. The lowest BCUT2D eigenvalue weighted by molar-refractivity contribution is -0.147. The van der Waals surface area contributed by atoms with Gasteiger partial charge in [0.05, 0.1) is 0 Å². The van der Waals surface area contributed by atoms with E-state index in [2.05, 4.69) is 34.6 Å². The second-order valence-corrected chi connectivity index (χ2v) is 11.5. The van der Waals surface area contributed by atoms with E-state index in [0.717, 1.165) is 48.3 Å². The van der Waals surface area contributed by atoms with Crippen LogP contribution >= 0.6 is 0 Å². The van der Waals surface area contributed by atoms with Crippen molar-refractivity contribution in [1.82, 2.24) is 4.90 Å². The maximum atomic E-state index is 11.8. The van der Waals surface area contributed by atoms with Crippen molar-refractivity contribution in [3.63, 3.8) is 0 Å². The summed E-state index contributed by atoms with van der Waals surface area (Å²) in [5.41, 5.74) is 0. The van der Waals surface area contributed by atoms with Crippen LogP contribution in [-0.4, -0.2) is 49.3 Å². The number of hydrogen-bond donors (Lipinski definition) is 1. The van der Waals surface area contributed by atoms with Crippen LogP contribution in [0, 0.1) is 35.5 Å². The third-order valence-corrected chi connectivity index (χ3v) is 8.06. The Morgan fingerprint density at radius 3 is 2.06 bits per heavy atom. The molecular weight excluding hydrogens is 398 g/mol. The van der Waals surface area contributed by atoms with Crippen LogP contribution in [0.25, 0.3) is 0 Å². The second-order valence-electron chi connectivity index (χ2n) is 11.5. The molecule has 0 aromatic carbocycles. The first-order valence-corrected chi connectivity index (χ1v) is 13.6. The Kier molecular flexibility index (Phi) is 14.8. The van der Waals surface area contributed by atoms with E-state index in [1.807, 2.05) is 19.0 Å². The van der Waals surface area contributed by atoms with Crippen molar-refractivity contribution in [1.29, 1.82) is 0 Å². The fourth-order valence-electron chi connectivity index (χ4n) is 5.00. The Hall–Kier alpha value is -0.610. The summed E-state index contributed by atoms with van der Waals surface area (Å²) in [5, 5.41) is 9.73. The van der Waals surface area contributed by atoms with Gasteiger partial charge >= 0.3 is 5.97 Å². The smallest absolute Gasteiger partial charge is 0.305 e. The summed E-state index contributed by atoms with van der Waals surface area (Å²) in [5.74, 6) is 5.27. The molecule has 7 atom stereocenters. The van der Waals surface area contributed by atoms with Crippen LogP contribution in [0.15, 0.2) is 0 Å². The quantitative estimate of drug-likeness (QED) is 0.178. The van der Waals surface area contributed by atoms with Gasteiger partial charge in [-0.1, -0.05) is 73.1 Å². The lowest BCUT2D eigenvalue weighted by Gasteiger charge is -2.21. The lowest BCUT2D eigenvalue weighted by Crippen LogP contribution is -2.30.